The highest BCUT2D eigenvalue weighted by Crippen LogP contribution is 2.44. The number of piperidine rings is 1. The predicted octanol–water partition coefficient (Wildman–Crippen LogP) is 5.07. The predicted molar refractivity (Wildman–Crippen MR) is 356 cm³/mol. The lowest BCUT2D eigenvalue weighted by molar-refractivity contribution is -0.182. The Labute approximate surface area is 576 Å². The molecular weight excluding hydrogens is 1280 g/mol. The van der Waals surface area contributed by atoms with E-state index in [1.54, 1.807) is 11.8 Å². The minimum atomic E-state index is -4.50. The van der Waals surface area contributed by atoms with Gasteiger partial charge in [-0.15, -0.1) is 11.6 Å². The van der Waals surface area contributed by atoms with Crippen LogP contribution in [0.2, 0.25) is 0 Å². The van der Waals surface area contributed by atoms with E-state index < -0.39 is 168 Å². The van der Waals surface area contributed by atoms with Crippen LogP contribution in [0.5, 0.6) is 0 Å². The SMILES string of the molecule is CC[C@H](C)[C@@H]1NC(=O)[C@H](C)N(C)C(=O)C[C@@H](C(=O)N2CCCCC2)N(C)C(=O)[C@H](C2CCCC2)N(C)C(=O)C2(CCCC2)NC(=O)[C@@H]2CCCN2C(=O)[C@H](CCC2CCC(C(F)(F)F)C(Cl)C2)NC(=O)CN(C)C(=O)[C@H](CC2CCCCC2)N(C)C(=O)CN(C)C(=O)CN(C)C1=O. The Morgan fingerprint density at radius 1 is 0.598 bits per heavy atom. The fourth-order valence-electron chi connectivity index (χ4n) is 16.0. The van der Waals surface area contributed by atoms with Crippen LogP contribution < -0.4 is 16.0 Å². The first-order valence-electron chi connectivity index (χ1n) is 35.8. The van der Waals surface area contributed by atoms with Crippen LogP contribution >= 0.6 is 11.6 Å². The third-order valence-electron chi connectivity index (χ3n) is 22.7. The van der Waals surface area contributed by atoms with Crippen molar-refractivity contribution >= 4 is 82.5 Å². The van der Waals surface area contributed by atoms with Crippen molar-refractivity contribution in [3.8, 4) is 0 Å². The van der Waals surface area contributed by atoms with E-state index in [0.717, 1.165) is 71.0 Å². The third-order valence-corrected chi connectivity index (χ3v) is 23.2. The van der Waals surface area contributed by atoms with Crippen LogP contribution in [0.15, 0.2) is 0 Å². The second-order valence-electron chi connectivity index (χ2n) is 29.4. The molecule has 11 atom stereocenters. The van der Waals surface area contributed by atoms with Gasteiger partial charge < -0.3 is 60.0 Å². The maximum absolute atomic E-state index is 15.6. The number of hydrogen-bond acceptors (Lipinski definition) is 12. The maximum Gasteiger partial charge on any atom is 0.393 e. The van der Waals surface area contributed by atoms with E-state index in [-0.39, 0.29) is 82.1 Å². The van der Waals surface area contributed by atoms with Gasteiger partial charge in [-0.1, -0.05) is 78.1 Å². The summed E-state index contributed by atoms with van der Waals surface area (Å²) < 4.78 is 42.0. The van der Waals surface area contributed by atoms with Crippen molar-refractivity contribution in [2.24, 2.45) is 29.6 Å². The first kappa shape index (κ1) is 78.1. The van der Waals surface area contributed by atoms with Crippen LogP contribution in [-0.4, -0.2) is 263 Å². The Morgan fingerprint density at radius 2 is 1.21 bits per heavy atom. The average molecular weight is 1390 g/mol. The lowest BCUT2D eigenvalue weighted by Crippen LogP contribution is -2.65. The summed E-state index contributed by atoms with van der Waals surface area (Å²) in [4.78, 5) is 189. The van der Waals surface area contributed by atoms with E-state index in [9.17, 15) is 51.5 Å². The average Bonchev–Trinajstić information content (AvgIpc) is 1.69. The fourth-order valence-corrected chi connectivity index (χ4v) is 16.5. The smallest absolute Gasteiger partial charge is 0.343 e. The molecule has 1 spiro atoms. The Balaban J connectivity index is 1.25. The molecule has 0 aromatic carbocycles. The first-order valence-corrected chi connectivity index (χ1v) is 36.2. The van der Waals surface area contributed by atoms with Crippen molar-refractivity contribution in [2.45, 2.75) is 247 Å². The summed E-state index contributed by atoms with van der Waals surface area (Å²) in [6.07, 6.45) is 6.97. The summed E-state index contributed by atoms with van der Waals surface area (Å²) in [5, 5.41) is 7.51. The molecule has 7 aliphatic rings. The Hall–Kier alpha value is -6.28. The molecule has 0 aromatic heterocycles. The van der Waals surface area contributed by atoms with E-state index in [1.165, 1.54) is 75.9 Å². The molecule has 4 aliphatic carbocycles. The van der Waals surface area contributed by atoms with Crippen LogP contribution in [0.4, 0.5) is 13.2 Å². The van der Waals surface area contributed by atoms with Gasteiger partial charge in [0.15, 0.2) is 0 Å². The molecule has 546 valence electrons. The lowest BCUT2D eigenvalue weighted by atomic mass is 9.78. The highest BCUT2D eigenvalue weighted by molar-refractivity contribution is 6.21. The van der Waals surface area contributed by atoms with Gasteiger partial charge in [-0.2, -0.15) is 13.2 Å². The molecule has 24 nitrogen and oxygen atoms in total. The fraction of sp³-hybridized carbons (Fsp3) is 0.826. The molecule has 3 aliphatic heterocycles. The number of nitrogens with zero attached hydrogens (tertiary/aromatic N) is 9. The van der Waals surface area contributed by atoms with Gasteiger partial charge in [-0.05, 0) is 127 Å². The Bertz CT molecular complexity index is 2830. The number of halogens is 4. The largest absolute Gasteiger partial charge is 0.393 e. The van der Waals surface area contributed by atoms with Crippen molar-refractivity contribution in [1.29, 1.82) is 0 Å². The molecular formula is C69H110ClF3N12O12. The van der Waals surface area contributed by atoms with E-state index in [1.807, 2.05) is 6.92 Å². The lowest BCUT2D eigenvalue weighted by Gasteiger charge is -2.42. The molecule has 3 N–H and O–H groups in total. The van der Waals surface area contributed by atoms with Crippen LogP contribution in [0.3, 0.4) is 0 Å². The highest BCUT2D eigenvalue weighted by atomic mass is 35.5. The van der Waals surface area contributed by atoms with E-state index >= 15 is 19.2 Å². The number of alkyl halides is 4. The summed E-state index contributed by atoms with van der Waals surface area (Å²) in [7, 11) is 9.97. The van der Waals surface area contributed by atoms with Crippen LogP contribution in [0.25, 0.3) is 0 Å². The molecule has 7 fully saturated rings. The number of fused-ring (bicyclic) bond motifs is 1. The van der Waals surface area contributed by atoms with Gasteiger partial charge in [0, 0.05) is 74.3 Å². The van der Waals surface area contributed by atoms with Crippen molar-refractivity contribution in [3.05, 3.63) is 0 Å². The van der Waals surface area contributed by atoms with Crippen LogP contribution in [-0.2, 0) is 57.5 Å². The summed E-state index contributed by atoms with van der Waals surface area (Å²) in [6.45, 7) is 4.27. The molecule has 4 saturated carbocycles. The quantitative estimate of drug-likeness (QED) is 0.256. The molecule has 0 aromatic rings. The second kappa shape index (κ2) is 34.7. The zero-order valence-electron chi connectivity index (χ0n) is 59.1. The standard InChI is InChI=1S/C69H110ClF3N12O12/c1-11-43(2)58-65(95)79(6)41-56(88)77(4)42-57(89)81(8)52(38-45-23-14-12-15-24-45)63(93)78(5)40-54(86)74-50(31-29-46-28-30-48(49(70)37-46)69(71,72)73)62(92)85-36-22-27-51(85)61(91)76-68(32-18-19-33-68)67(97)83(10)59(47-25-16-17-26-47)66(96)82(9)53(64(94)84-34-20-13-21-35-84)39-55(87)80(7)44(3)60(90)75-58/h43-53,58-59H,11-42H2,1-10H3,(H,74,86)(H,75,90)(H,76,91)/t43-,44-,46?,48?,49?,50-,51-,52-,53-,58-,59-/m0/s1. The number of rotatable bonds is 9. The van der Waals surface area contributed by atoms with Gasteiger partial charge in [0.2, 0.25) is 70.9 Å². The van der Waals surface area contributed by atoms with Crippen molar-refractivity contribution in [1.82, 2.24) is 60.0 Å². The molecule has 3 unspecified atom stereocenters. The van der Waals surface area contributed by atoms with E-state index in [0.29, 0.717) is 64.5 Å². The first-order chi connectivity index (χ1) is 45.8. The normalized spacial score (nSPS) is 30.5. The minimum Gasteiger partial charge on any atom is -0.343 e. The summed E-state index contributed by atoms with van der Waals surface area (Å²) in [6, 6.07) is -8.51. The van der Waals surface area contributed by atoms with Gasteiger partial charge in [-0.3, -0.25) is 57.5 Å². The van der Waals surface area contributed by atoms with Gasteiger partial charge in [0.25, 0.3) is 0 Å². The molecule has 28 heteroatoms. The molecule has 0 radical (unpaired) electrons. The number of carbonyl (C=O) groups excluding carboxylic acids is 12. The minimum absolute atomic E-state index is 0.00350. The molecule has 12 amide bonds. The number of hydrogen-bond donors (Lipinski definition) is 3. The molecule has 3 saturated heterocycles. The molecule has 97 heavy (non-hydrogen) atoms. The number of likely N-dealkylation sites (tertiary alicyclic amines) is 1. The van der Waals surface area contributed by atoms with Gasteiger partial charge in [0.05, 0.1) is 32.0 Å². The summed E-state index contributed by atoms with van der Waals surface area (Å²) in [5.41, 5.74) is -1.54. The Morgan fingerprint density at radius 3 is 1.82 bits per heavy atom. The maximum atomic E-state index is 15.6. The number of carbonyl (C=O) groups is 12. The zero-order chi connectivity index (χ0) is 71.4. The van der Waals surface area contributed by atoms with Gasteiger partial charge in [-0.25, -0.2) is 0 Å². The number of nitrogens with one attached hydrogen (secondary N) is 3. The zero-order valence-corrected chi connectivity index (χ0v) is 59.8. The Kier molecular flexibility index (Phi) is 27.9. The van der Waals surface area contributed by atoms with Crippen molar-refractivity contribution in [3.63, 3.8) is 0 Å². The summed E-state index contributed by atoms with van der Waals surface area (Å²) in [5.74, 6) is -10.4. The highest BCUT2D eigenvalue weighted by Gasteiger charge is 2.52. The van der Waals surface area contributed by atoms with Crippen LogP contribution in [0, 0.1) is 29.6 Å². The second-order valence-corrected chi connectivity index (χ2v) is 30.0. The number of likely N-dealkylation sites (N-methyl/N-ethyl adjacent to an activating group) is 7. The molecule has 0 bridgehead atoms. The monoisotopic (exact) mass is 1390 g/mol. The van der Waals surface area contributed by atoms with Gasteiger partial charge >= 0.3 is 6.18 Å². The molecule has 3 heterocycles. The number of amides is 12. The van der Waals surface area contributed by atoms with Crippen LogP contribution in [0.1, 0.15) is 188 Å². The topological polar surface area (TPSA) is 270 Å². The van der Waals surface area contributed by atoms with Crippen molar-refractivity contribution in [2.75, 3.05) is 88.6 Å². The van der Waals surface area contributed by atoms with E-state index in [2.05, 4.69) is 16.0 Å². The van der Waals surface area contributed by atoms with E-state index in [4.69, 9.17) is 11.6 Å². The molecule has 7 rings (SSSR count). The summed E-state index contributed by atoms with van der Waals surface area (Å²) >= 11 is 6.39. The van der Waals surface area contributed by atoms with Gasteiger partial charge in [0.1, 0.15) is 47.8 Å². The third kappa shape index (κ3) is 19.4. The van der Waals surface area contributed by atoms with Crippen molar-refractivity contribution < 1.29 is 70.7 Å².